The van der Waals surface area contributed by atoms with Crippen LogP contribution in [0.1, 0.15) is 28.2 Å². The number of carbonyl (C=O) groups is 1. The quantitative estimate of drug-likeness (QED) is 0.171. The number of hydrogen-bond acceptors (Lipinski definition) is 6. The van der Waals surface area contributed by atoms with Crippen LogP contribution in [-0.2, 0) is 20.7 Å². The Morgan fingerprint density at radius 1 is 1.05 bits per heavy atom. The van der Waals surface area contributed by atoms with Gasteiger partial charge < -0.3 is 14.5 Å². The Hall–Kier alpha value is -4.08. The Morgan fingerprint density at radius 3 is 2.24 bits per heavy atom. The topological polar surface area (TPSA) is 116 Å². The molecule has 2 aliphatic rings. The number of amides is 1. The fraction of sp³-hybridized carbons (Fsp3) is 0.296. The largest absolute Gasteiger partial charge is 0.448 e. The maximum Gasteiger partial charge on any atom is 0.409 e. The second kappa shape index (κ2) is 10.4. The first-order valence-corrected chi connectivity index (χ1v) is 13.8. The summed E-state index contributed by atoms with van der Waals surface area (Å²) in [6.07, 6.45) is -0.394. The van der Waals surface area contributed by atoms with Gasteiger partial charge in [0.05, 0.1) is 0 Å². The van der Waals surface area contributed by atoms with Crippen LogP contribution in [-0.4, -0.2) is 52.2 Å². The maximum absolute atomic E-state index is 13.4. The van der Waals surface area contributed by atoms with Crippen molar-refractivity contribution in [1.82, 2.24) is 4.90 Å². The van der Waals surface area contributed by atoms with E-state index in [2.05, 4.69) is 34.3 Å². The molecule has 9 nitrogen and oxygen atoms in total. The zero-order chi connectivity index (χ0) is 26.9. The predicted molar refractivity (Wildman–Crippen MR) is 143 cm³/mol. The van der Waals surface area contributed by atoms with Gasteiger partial charge in [0.2, 0.25) is 0 Å². The van der Waals surface area contributed by atoms with Crippen LogP contribution in [0.4, 0.5) is 20.1 Å². The summed E-state index contributed by atoms with van der Waals surface area (Å²) in [5.74, 6) is -0.829. The molecule has 1 amide bonds. The SMILES string of the molecule is Cc1c(CS(=O)(=O)F)cc(N2CCN(C(=O)OCC3c4ccccc4-c4ccccc43)CC2)cc1N=[N+]=[N-]. The molecule has 0 bridgehead atoms. The van der Waals surface area contributed by atoms with Crippen molar-refractivity contribution in [1.29, 1.82) is 0 Å². The summed E-state index contributed by atoms with van der Waals surface area (Å²) in [4.78, 5) is 19.3. The van der Waals surface area contributed by atoms with Crippen molar-refractivity contribution in [3.05, 3.63) is 93.4 Å². The molecule has 0 spiro atoms. The standard InChI is InChI=1S/C27H26FN5O4S/c1-18-19(17-38(28,35)36)14-20(15-26(18)30-31-29)32-10-12-33(13-11-32)27(34)37-16-25-23-8-4-2-6-21(23)22-7-3-5-9-24(22)25/h2-9,14-15,25H,10-13,16-17H2,1H3. The number of benzene rings is 3. The minimum Gasteiger partial charge on any atom is -0.448 e. The van der Waals surface area contributed by atoms with E-state index in [-0.39, 0.29) is 23.8 Å². The molecule has 1 aliphatic heterocycles. The highest BCUT2D eigenvalue weighted by molar-refractivity contribution is 7.85. The van der Waals surface area contributed by atoms with Gasteiger partial charge in [0.15, 0.2) is 0 Å². The van der Waals surface area contributed by atoms with Gasteiger partial charge in [-0.2, -0.15) is 8.42 Å². The van der Waals surface area contributed by atoms with E-state index in [0.717, 1.165) is 22.3 Å². The number of hydrogen-bond donors (Lipinski definition) is 0. The molecule has 0 N–H and O–H groups in total. The van der Waals surface area contributed by atoms with E-state index in [4.69, 9.17) is 10.3 Å². The van der Waals surface area contributed by atoms with Crippen LogP contribution in [0.3, 0.4) is 0 Å². The molecule has 11 heteroatoms. The molecule has 0 radical (unpaired) electrons. The highest BCUT2D eigenvalue weighted by Gasteiger charge is 2.30. The molecule has 3 aromatic carbocycles. The fourth-order valence-corrected chi connectivity index (χ4v) is 5.92. The average Bonchev–Trinajstić information content (AvgIpc) is 3.22. The first kappa shape index (κ1) is 25.6. The van der Waals surface area contributed by atoms with Gasteiger partial charge in [-0.25, -0.2) is 4.79 Å². The van der Waals surface area contributed by atoms with E-state index in [0.29, 0.717) is 37.4 Å². The molecule has 0 unspecified atom stereocenters. The smallest absolute Gasteiger partial charge is 0.409 e. The molecular weight excluding hydrogens is 509 g/mol. The summed E-state index contributed by atoms with van der Waals surface area (Å²) in [6, 6.07) is 19.5. The lowest BCUT2D eigenvalue weighted by atomic mass is 9.98. The van der Waals surface area contributed by atoms with Gasteiger partial charge in [-0.3, -0.25) is 0 Å². The van der Waals surface area contributed by atoms with Crippen molar-refractivity contribution >= 4 is 27.7 Å². The lowest BCUT2D eigenvalue weighted by Gasteiger charge is -2.36. The minimum atomic E-state index is -4.77. The van der Waals surface area contributed by atoms with Crippen LogP contribution in [0.25, 0.3) is 21.6 Å². The summed E-state index contributed by atoms with van der Waals surface area (Å²) in [6.45, 7) is 3.50. The molecule has 1 aliphatic carbocycles. The van der Waals surface area contributed by atoms with E-state index in [1.54, 1.807) is 24.0 Å². The van der Waals surface area contributed by atoms with Crippen LogP contribution >= 0.6 is 0 Å². The number of piperazine rings is 1. The molecule has 0 atom stereocenters. The van der Waals surface area contributed by atoms with E-state index in [1.807, 2.05) is 29.2 Å². The van der Waals surface area contributed by atoms with Gasteiger partial charge in [0.1, 0.15) is 12.4 Å². The maximum atomic E-state index is 13.4. The summed E-state index contributed by atoms with van der Waals surface area (Å²) in [7, 11) is -4.77. The average molecular weight is 536 g/mol. The number of halogens is 1. The fourth-order valence-electron chi connectivity index (χ4n) is 5.24. The van der Waals surface area contributed by atoms with Crippen LogP contribution in [0.15, 0.2) is 65.8 Å². The summed E-state index contributed by atoms with van der Waals surface area (Å²) < 4.78 is 41.8. The first-order chi connectivity index (χ1) is 18.2. The molecule has 1 saturated heterocycles. The molecule has 3 aromatic rings. The number of carbonyl (C=O) groups excluding carboxylic acids is 1. The van der Waals surface area contributed by atoms with Crippen molar-refractivity contribution in [3.8, 4) is 11.1 Å². The van der Waals surface area contributed by atoms with Crippen LogP contribution in [0.5, 0.6) is 0 Å². The summed E-state index contributed by atoms with van der Waals surface area (Å²) in [5.41, 5.74) is 15.0. The van der Waals surface area contributed by atoms with Crippen molar-refractivity contribution in [3.63, 3.8) is 0 Å². The zero-order valence-electron chi connectivity index (χ0n) is 20.7. The van der Waals surface area contributed by atoms with Crippen LogP contribution < -0.4 is 4.90 Å². The van der Waals surface area contributed by atoms with Crippen LogP contribution in [0.2, 0.25) is 0 Å². The molecule has 1 heterocycles. The van der Waals surface area contributed by atoms with E-state index in [9.17, 15) is 17.1 Å². The van der Waals surface area contributed by atoms with Crippen LogP contribution in [0, 0.1) is 6.92 Å². The summed E-state index contributed by atoms with van der Waals surface area (Å²) in [5, 5.41) is 3.64. The van der Waals surface area contributed by atoms with Gasteiger partial charge >= 0.3 is 16.3 Å². The Kier molecular flexibility index (Phi) is 6.96. The van der Waals surface area contributed by atoms with Crippen molar-refractivity contribution < 1.29 is 21.8 Å². The third-order valence-electron chi connectivity index (χ3n) is 7.19. The molecule has 0 saturated carbocycles. The predicted octanol–water partition coefficient (Wildman–Crippen LogP) is 5.81. The number of nitrogens with zero attached hydrogens (tertiary/aromatic N) is 5. The van der Waals surface area contributed by atoms with Gasteiger partial charge in [0, 0.05) is 48.4 Å². The molecular formula is C27H26FN5O4S. The van der Waals surface area contributed by atoms with Gasteiger partial charge in [-0.1, -0.05) is 53.6 Å². The second-order valence-corrected chi connectivity index (χ2v) is 10.8. The number of anilines is 1. The number of azide groups is 1. The Bertz CT molecular complexity index is 1500. The van der Waals surface area contributed by atoms with Crippen molar-refractivity contribution in [2.75, 3.05) is 37.7 Å². The van der Waals surface area contributed by atoms with Crippen molar-refractivity contribution in [2.45, 2.75) is 18.6 Å². The molecule has 38 heavy (non-hydrogen) atoms. The number of rotatable bonds is 6. The Balaban J connectivity index is 1.25. The normalized spacial score (nSPS) is 15.0. The third-order valence-corrected chi connectivity index (χ3v) is 7.85. The Labute approximate surface area is 220 Å². The van der Waals surface area contributed by atoms with E-state index >= 15 is 0 Å². The zero-order valence-corrected chi connectivity index (χ0v) is 21.6. The van der Waals surface area contributed by atoms with E-state index in [1.165, 1.54) is 0 Å². The van der Waals surface area contributed by atoms with Gasteiger partial charge in [-0.15, -0.1) is 3.89 Å². The minimum absolute atomic E-state index is 0.0236. The molecule has 5 rings (SSSR count). The van der Waals surface area contributed by atoms with Crippen molar-refractivity contribution in [2.24, 2.45) is 5.11 Å². The number of fused-ring (bicyclic) bond motifs is 3. The van der Waals surface area contributed by atoms with Gasteiger partial charge in [0.25, 0.3) is 0 Å². The number of ether oxygens (including phenoxy) is 1. The highest BCUT2D eigenvalue weighted by atomic mass is 32.3. The molecule has 1 fully saturated rings. The van der Waals surface area contributed by atoms with Gasteiger partial charge in [-0.05, 0) is 58.0 Å². The lowest BCUT2D eigenvalue weighted by molar-refractivity contribution is 0.0977. The lowest BCUT2D eigenvalue weighted by Crippen LogP contribution is -2.49. The first-order valence-electron chi connectivity index (χ1n) is 12.2. The Morgan fingerprint density at radius 2 is 1.66 bits per heavy atom. The monoisotopic (exact) mass is 535 g/mol. The highest BCUT2D eigenvalue weighted by Crippen LogP contribution is 2.44. The molecule has 0 aromatic heterocycles. The molecule has 196 valence electrons. The third kappa shape index (κ3) is 5.16. The summed E-state index contributed by atoms with van der Waals surface area (Å²) >= 11 is 0. The second-order valence-electron chi connectivity index (χ2n) is 9.40. The van der Waals surface area contributed by atoms with E-state index < -0.39 is 22.1 Å².